The normalized spacial score (nSPS) is 40.5. The molecule has 0 aliphatic heterocycles. The van der Waals surface area contributed by atoms with E-state index in [9.17, 15) is 4.79 Å². The van der Waals surface area contributed by atoms with Gasteiger partial charge in [0, 0.05) is 12.7 Å². The zero-order valence-corrected chi connectivity index (χ0v) is 12.0. The summed E-state index contributed by atoms with van der Waals surface area (Å²) in [6.07, 6.45) is 10.4. The summed E-state index contributed by atoms with van der Waals surface area (Å²) in [7, 11) is 1.53. The number of allylic oxidation sites excluding steroid dienone is 1. The number of methoxy groups -OCH3 is 1. The molecule has 0 saturated heterocycles. The number of esters is 1. The van der Waals surface area contributed by atoms with E-state index >= 15 is 0 Å². The van der Waals surface area contributed by atoms with Crippen LogP contribution in [0.3, 0.4) is 0 Å². The third kappa shape index (κ3) is 2.58. The zero-order valence-electron chi connectivity index (χ0n) is 12.0. The Balaban J connectivity index is 1.73. The molecule has 4 aliphatic rings. The molecule has 106 valence electrons. The summed E-state index contributed by atoms with van der Waals surface area (Å²) in [4.78, 5) is 11.9. The van der Waals surface area contributed by atoms with Gasteiger partial charge >= 0.3 is 5.97 Å². The molecule has 19 heavy (non-hydrogen) atoms. The van der Waals surface area contributed by atoms with Crippen LogP contribution in [0.2, 0.25) is 0 Å². The van der Waals surface area contributed by atoms with Gasteiger partial charge in [0.2, 0.25) is 0 Å². The Morgan fingerprint density at radius 1 is 1.16 bits per heavy atom. The minimum absolute atomic E-state index is 0.0465. The molecular weight excluding hydrogens is 240 g/mol. The van der Waals surface area contributed by atoms with E-state index in [1.807, 2.05) is 6.92 Å². The second-order valence-electron chi connectivity index (χ2n) is 6.95. The van der Waals surface area contributed by atoms with E-state index < -0.39 is 0 Å². The quantitative estimate of drug-likeness (QED) is 0.444. The number of carbonyl (C=O) groups excluding carboxylic acids is 1. The van der Waals surface area contributed by atoms with Crippen LogP contribution < -0.4 is 0 Å². The second-order valence-corrected chi connectivity index (χ2v) is 6.95. The van der Waals surface area contributed by atoms with E-state index in [0.717, 1.165) is 23.3 Å². The summed E-state index contributed by atoms with van der Waals surface area (Å²) in [6.45, 7) is 1.93. The molecular formula is C16H24O3. The molecule has 4 bridgehead atoms. The van der Waals surface area contributed by atoms with Crippen LogP contribution in [0.5, 0.6) is 0 Å². The van der Waals surface area contributed by atoms with Crippen LogP contribution in [0.15, 0.2) is 11.6 Å². The summed E-state index contributed by atoms with van der Waals surface area (Å²) in [6, 6.07) is 0. The van der Waals surface area contributed by atoms with Crippen LogP contribution in [0.1, 0.15) is 45.4 Å². The van der Waals surface area contributed by atoms with Crippen molar-refractivity contribution < 1.29 is 14.3 Å². The van der Waals surface area contributed by atoms with Crippen LogP contribution in [0, 0.1) is 23.2 Å². The van der Waals surface area contributed by atoms with Crippen molar-refractivity contribution in [3.05, 3.63) is 11.6 Å². The molecule has 0 amide bonds. The lowest BCUT2D eigenvalue weighted by molar-refractivity contribution is -0.149. The van der Waals surface area contributed by atoms with Crippen molar-refractivity contribution in [2.75, 3.05) is 13.9 Å². The molecule has 0 radical (unpaired) electrons. The van der Waals surface area contributed by atoms with Gasteiger partial charge in [0.1, 0.15) is 0 Å². The molecule has 3 heteroatoms. The van der Waals surface area contributed by atoms with Crippen LogP contribution in [0.25, 0.3) is 0 Å². The molecule has 4 saturated carbocycles. The van der Waals surface area contributed by atoms with Crippen LogP contribution in [0.4, 0.5) is 0 Å². The number of ether oxygens (including phenoxy) is 2. The second kappa shape index (κ2) is 4.93. The highest BCUT2D eigenvalue weighted by molar-refractivity contribution is 5.87. The Bertz CT molecular complexity index is 362. The average Bonchev–Trinajstić information content (AvgIpc) is 2.33. The smallest absolute Gasteiger partial charge is 0.335 e. The zero-order chi connectivity index (χ0) is 13.5. The molecule has 0 N–H and O–H groups in total. The fourth-order valence-corrected chi connectivity index (χ4v) is 5.10. The van der Waals surface area contributed by atoms with Crippen molar-refractivity contribution in [1.82, 2.24) is 0 Å². The van der Waals surface area contributed by atoms with E-state index in [2.05, 4.69) is 6.08 Å². The van der Waals surface area contributed by atoms with Gasteiger partial charge < -0.3 is 9.47 Å². The van der Waals surface area contributed by atoms with E-state index in [4.69, 9.17) is 9.47 Å². The summed E-state index contributed by atoms with van der Waals surface area (Å²) in [5.41, 5.74) is 1.06. The molecule has 3 nitrogen and oxygen atoms in total. The van der Waals surface area contributed by atoms with Crippen molar-refractivity contribution in [1.29, 1.82) is 0 Å². The van der Waals surface area contributed by atoms with E-state index in [1.54, 1.807) is 0 Å². The first-order chi connectivity index (χ1) is 9.10. The van der Waals surface area contributed by atoms with Crippen molar-refractivity contribution in [3.63, 3.8) is 0 Å². The maximum atomic E-state index is 11.9. The lowest BCUT2D eigenvalue weighted by Gasteiger charge is -2.56. The van der Waals surface area contributed by atoms with Gasteiger partial charge in [-0.05, 0) is 68.6 Å². The van der Waals surface area contributed by atoms with Crippen molar-refractivity contribution in [3.8, 4) is 0 Å². The first-order valence-electron chi connectivity index (χ1n) is 7.46. The number of hydrogen-bond donors (Lipinski definition) is 0. The molecule has 0 unspecified atom stereocenters. The number of hydrogen-bond acceptors (Lipinski definition) is 3. The molecule has 0 atom stereocenters. The number of carbonyl (C=O) groups is 1. The van der Waals surface area contributed by atoms with Gasteiger partial charge in [-0.1, -0.05) is 6.08 Å². The predicted molar refractivity (Wildman–Crippen MR) is 72.3 cm³/mol. The highest BCUT2D eigenvalue weighted by Gasteiger charge is 2.49. The van der Waals surface area contributed by atoms with E-state index in [-0.39, 0.29) is 12.8 Å². The van der Waals surface area contributed by atoms with Gasteiger partial charge in [-0.3, -0.25) is 0 Å². The molecule has 4 aliphatic carbocycles. The first kappa shape index (κ1) is 13.2. The number of rotatable bonds is 4. The molecule has 0 aromatic carbocycles. The molecule has 0 spiro atoms. The minimum atomic E-state index is -0.224. The summed E-state index contributed by atoms with van der Waals surface area (Å²) in [5, 5.41) is 0. The van der Waals surface area contributed by atoms with E-state index in [1.165, 1.54) is 45.6 Å². The van der Waals surface area contributed by atoms with Crippen LogP contribution >= 0.6 is 0 Å². The van der Waals surface area contributed by atoms with Gasteiger partial charge in [-0.2, -0.15) is 0 Å². The van der Waals surface area contributed by atoms with E-state index in [0.29, 0.717) is 5.41 Å². The Labute approximate surface area is 115 Å². The van der Waals surface area contributed by atoms with Crippen molar-refractivity contribution >= 4 is 5.97 Å². The predicted octanol–water partition coefficient (Wildman–Crippen LogP) is 3.30. The van der Waals surface area contributed by atoms with Gasteiger partial charge in [0.05, 0.1) is 0 Å². The van der Waals surface area contributed by atoms with Crippen molar-refractivity contribution in [2.45, 2.75) is 45.4 Å². The average molecular weight is 264 g/mol. The summed E-state index contributed by atoms with van der Waals surface area (Å²) < 4.78 is 9.82. The first-order valence-corrected chi connectivity index (χ1v) is 7.46. The Kier molecular flexibility index (Phi) is 3.42. The van der Waals surface area contributed by atoms with Gasteiger partial charge in [-0.15, -0.1) is 0 Å². The van der Waals surface area contributed by atoms with Crippen LogP contribution in [-0.4, -0.2) is 19.9 Å². The Hall–Kier alpha value is -0.830. The third-order valence-corrected chi connectivity index (χ3v) is 5.24. The molecule has 4 rings (SSSR count). The fourth-order valence-electron chi connectivity index (χ4n) is 5.10. The maximum Gasteiger partial charge on any atom is 0.335 e. The summed E-state index contributed by atoms with van der Waals surface area (Å²) >= 11 is 0. The fraction of sp³-hybridized carbons (Fsp3) is 0.812. The van der Waals surface area contributed by atoms with Gasteiger partial charge in [0.15, 0.2) is 6.79 Å². The van der Waals surface area contributed by atoms with Gasteiger partial charge in [0.25, 0.3) is 0 Å². The largest absolute Gasteiger partial charge is 0.435 e. The topological polar surface area (TPSA) is 35.5 Å². The molecule has 0 aromatic rings. The van der Waals surface area contributed by atoms with Gasteiger partial charge in [-0.25, -0.2) is 4.79 Å². The third-order valence-electron chi connectivity index (χ3n) is 5.24. The standard InChI is InChI=1S/C16H24O3/c1-11(15(17)19-10-18-2)6-16-7-12-3-13(8-16)5-14(4-12)9-16/h6,12-14H,3-5,7-10H2,1-2H3. The monoisotopic (exact) mass is 264 g/mol. The highest BCUT2D eigenvalue weighted by atomic mass is 16.7. The summed E-state index contributed by atoms with van der Waals surface area (Å²) in [5.74, 6) is 2.50. The van der Waals surface area contributed by atoms with Crippen LogP contribution in [-0.2, 0) is 14.3 Å². The SMILES string of the molecule is COCOC(=O)C(C)=CC12CC3CC(CC(C3)C1)C2. The van der Waals surface area contributed by atoms with Crippen molar-refractivity contribution in [2.24, 2.45) is 23.2 Å². The minimum Gasteiger partial charge on any atom is -0.435 e. The lowest BCUT2D eigenvalue weighted by Crippen LogP contribution is -2.45. The Morgan fingerprint density at radius 2 is 1.68 bits per heavy atom. The molecule has 0 heterocycles. The highest BCUT2D eigenvalue weighted by Crippen LogP contribution is 2.60. The Morgan fingerprint density at radius 3 is 2.16 bits per heavy atom. The molecule has 0 aromatic heterocycles. The molecule has 4 fully saturated rings. The lowest BCUT2D eigenvalue weighted by atomic mass is 9.49. The maximum absolute atomic E-state index is 11.9.